The van der Waals surface area contributed by atoms with Crippen molar-refractivity contribution < 1.29 is 133 Å². The van der Waals surface area contributed by atoms with Gasteiger partial charge in [-0.05, 0) is 173 Å². The summed E-state index contributed by atoms with van der Waals surface area (Å²) in [5.74, 6) is 0.807. The minimum absolute atomic E-state index is 0. The molecule has 0 saturated carbocycles. The van der Waals surface area contributed by atoms with Crippen LogP contribution in [0.15, 0.2) is 67.2 Å². The Morgan fingerprint density at radius 2 is 1.05 bits per heavy atom. The number of ether oxygens (including phenoxy) is 2. The molecule has 143 heavy (non-hydrogen) atoms. The van der Waals surface area contributed by atoms with E-state index in [0.717, 1.165) is 250 Å². The predicted molar refractivity (Wildman–Crippen MR) is 587 cm³/mol. The van der Waals surface area contributed by atoms with Crippen LogP contribution in [0.2, 0.25) is 0 Å². The number of hydrogen-bond donors (Lipinski definition) is 22. The Hall–Kier alpha value is -5.78. The molecule has 4 rings (SSSR count). The van der Waals surface area contributed by atoms with Crippen LogP contribution in [0.25, 0.3) is 5.57 Å². The first-order valence-electron chi connectivity index (χ1n) is 48.1. The number of likely N-dealkylation sites (N-methyl/N-ethyl adjacent to an activating group) is 1. The van der Waals surface area contributed by atoms with Crippen LogP contribution in [0.3, 0.4) is 0 Å². The minimum Gasteiger partial charge on any atom is -0.412 e. The van der Waals surface area contributed by atoms with Crippen LogP contribution >= 0.6 is 0 Å². The van der Waals surface area contributed by atoms with Crippen molar-refractivity contribution in [2.75, 3.05) is 170 Å². The number of nitrogens with one attached hydrogen (secondary N) is 14. The Morgan fingerprint density at radius 1 is 0.524 bits per heavy atom. The van der Waals surface area contributed by atoms with Gasteiger partial charge in [-0.3, -0.25) is 9.59 Å². The number of rotatable bonds is 65. The molecule has 2 heterocycles. The van der Waals surface area contributed by atoms with E-state index < -0.39 is 0 Å². The van der Waals surface area contributed by atoms with Crippen molar-refractivity contribution in [3.8, 4) is 0 Å². The summed E-state index contributed by atoms with van der Waals surface area (Å²) in [6.45, 7) is 30.9. The molecule has 70 N–H and O–H groups in total. The maximum absolute atomic E-state index is 13.6. The zero-order valence-corrected chi connectivity index (χ0v) is 88.2. The number of nitrogens with zero attached hydrogens (tertiary/aromatic N) is 4. The molecule has 1 aliphatic rings. The third-order valence-corrected chi connectivity index (χ3v) is 23.0. The number of aromatic amines is 1. The van der Waals surface area contributed by atoms with Gasteiger partial charge in [0.15, 0.2) is 5.82 Å². The summed E-state index contributed by atoms with van der Waals surface area (Å²) in [5, 5.41) is 72.6. The molecule has 0 bridgehead atoms. The Morgan fingerprint density at radius 3 is 1.62 bits per heavy atom. The summed E-state index contributed by atoms with van der Waals surface area (Å²) in [7, 11) is 0. The van der Waals surface area contributed by atoms with Crippen LogP contribution in [0.5, 0.6) is 0 Å². The summed E-state index contributed by atoms with van der Waals surface area (Å²) in [6.07, 6.45) is 39.2. The molecule has 1 aliphatic heterocycles. The monoisotopic (exact) mass is 2090 g/mol. The molecule has 1 saturated heterocycles. The van der Waals surface area contributed by atoms with Gasteiger partial charge in [0.2, 0.25) is 11.8 Å². The molecular weight excluding hydrogens is 1870 g/mol. The summed E-state index contributed by atoms with van der Waals surface area (Å²) in [4.78, 5) is 38.3. The first-order chi connectivity index (χ1) is 59.3. The lowest BCUT2D eigenvalue weighted by molar-refractivity contribution is -0.126. The second-order valence-electron chi connectivity index (χ2n) is 33.9. The highest BCUT2D eigenvalue weighted by molar-refractivity contribution is 5.77. The maximum Gasteiger partial charge on any atom is 0.246 e. The van der Waals surface area contributed by atoms with Gasteiger partial charge in [-0.2, -0.15) is 5.21 Å². The number of aldehydes is 1. The fourth-order valence-corrected chi connectivity index (χ4v) is 15.4. The summed E-state index contributed by atoms with van der Waals surface area (Å²) < 4.78 is 10.7. The number of benzene rings is 2. The molecule has 1 fully saturated rings. The van der Waals surface area contributed by atoms with Crippen molar-refractivity contribution in [2.24, 2.45) is 22.9 Å². The number of tetrazole rings is 1. The van der Waals surface area contributed by atoms with Crippen LogP contribution in [-0.2, 0) is 36.7 Å². The van der Waals surface area contributed by atoms with Gasteiger partial charge in [0.05, 0.1) is 26.4 Å². The summed E-state index contributed by atoms with van der Waals surface area (Å²) >= 11 is 0. The zero-order valence-electron chi connectivity index (χ0n) is 88.2. The number of unbranched alkanes of at least 4 members (excludes halogenated alkanes) is 15. The first-order valence-corrected chi connectivity index (χ1v) is 48.1. The fourth-order valence-electron chi connectivity index (χ4n) is 15.4. The quantitative estimate of drug-likeness (QED) is 0.0184. The van der Waals surface area contributed by atoms with Crippen molar-refractivity contribution in [3.63, 3.8) is 0 Å². The Balaban J connectivity index is -0.000000169. The third-order valence-electron chi connectivity index (χ3n) is 23.0. The fraction of sp³-hybridized carbons (Fsp3) is 0.806. The Labute approximate surface area is 856 Å². The van der Waals surface area contributed by atoms with Gasteiger partial charge >= 0.3 is 0 Å². The SMILES string of the molecule is C=C(C[C@H]1CN[C@H](CN)CCCCNC(=O)CC[C@H](NC[C@H](CCCC)NC[C@H](CCCCN(CC)CCO)NC[C@H](C)NC[C@H](CCCN)NC[C@H](C)NCCNC(=O)COCCOCCN)CNCCCCCN[C@H](Cc2ccccc2)CN[C@@H](CCCN)CN1)c1ccccc1.N.N.N.O.O.O.O.O.O.O.O.O.O.O.O.O.O.O.O.O.O.O.O=CCCCCCCCCCCCCCCCc1nn[nH]n1. The lowest BCUT2D eigenvalue weighted by atomic mass is 9.99. The number of H-pyrrole nitrogens is 1. The molecule has 3 aromatic rings. The van der Waals surface area contributed by atoms with Crippen molar-refractivity contribution in [1.82, 2.24) is 113 Å². The number of aliphatic hydroxyl groups is 1. The molecule has 50 heteroatoms. The van der Waals surface area contributed by atoms with Crippen LogP contribution in [0.4, 0.5) is 0 Å². The normalized spacial score (nSPS) is 15.9. The number of aromatic nitrogens is 4. The molecule has 2 amide bonds. The largest absolute Gasteiger partial charge is 0.412 e. The van der Waals surface area contributed by atoms with E-state index in [9.17, 15) is 19.5 Å². The molecule has 2 aromatic carbocycles. The molecule has 50 nitrogen and oxygen atoms in total. The molecule has 874 valence electrons. The average Bonchev–Trinajstić information content (AvgIpc) is 1.17. The van der Waals surface area contributed by atoms with E-state index >= 15 is 0 Å². The first kappa shape index (κ1) is 185. The van der Waals surface area contributed by atoms with Crippen molar-refractivity contribution in [2.45, 2.75) is 313 Å². The van der Waals surface area contributed by atoms with Gasteiger partial charge in [-0.25, -0.2) is 0 Å². The van der Waals surface area contributed by atoms with Gasteiger partial charge in [0, 0.05) is 178 Å². The van der Waals surface area contributed by atoms with Crippen molar-refractivity contribution >= 4 is 23.7 Å². The maximum atomic E-state index is 13.6. The van der Waals surface area contributed by atoms with E-state index in [-0.39, 0.29) is 208 Å². The predicted octanol–water partition coefficient (Wildman–Crippen LogP) is -7.77. The van der Waals surface area contributed by atoms with E-state index in [1.54, 1.807) is 0 Å². The summed E-state index contributed by atoms with van der Waals surface area (Å²) in [6, 6.07) is 23.6. The zero-order chi connectivity index (χ0) is 87.2. The van der Waals surface area contributed by atoms with E-state index in [0.29, 0.717) is 78.6 Å². The van der Waals surface area contributed by atoms with Crippen LogP contribution in [-0.4, -0.2) is 384 Å². The van der Waals surface area contributed by atoms with Crippen molar-refractivity contribution in [3.05, 3.63) is 84.2 Å². The lowest BCUT2D eigenvalue weighted by Gasteiger charge is -2.28. The third kappa shape index (κ3) is 107. The van der Waals surface area contributed by atoms with Crippen LogP contribution in [0.1, 0.15) is 257 Å². The number of hydrogen-bond acceptors (Lipinski definition) is 28. The number of carbonyl (C=O) groups is 3. The Bertz CT molecular complexity index is 2850. The highest BCUT2D eigenvalue weighted by Crippen LogP contribution is 2.19. The summed E-state index contributed by atoms with van der Waals surface area (Å²) in [5.41, 5.74) is 27.7. The molecule has 0 spiro atoms. The molecule has 10 atom stereocenters. The van der Waals surface area contributed by atoms with Gasteiger partial charge in [-0.1, -0.05) is 189 Å². The second-order valence-corrected chi connectivity index (χ2v) is 33.9. The lowest BCUT2D eigenvalue weighted by Crippen LogP contribution is -2.51. The second kappa shape index (κ2) is 134. The highest BCUT2D eigenvalue weighted by atomic mass is 16.5. The highest BCUT2D eigenvalue weighted by Gasteiger charge is 2.22. The van der Waals surface area contributed by atoms with Crippen molar-refractivity contribution in [1.29, 1.82) is 0 Å². The molecule has 0 radical (unpaired) electrons. The number of carbonyl (C=O) groups excluding carboxylic acids is 3. The number of amides is 2. The van der Waals surface area contributed by atoms with Crippen LogP contribution < -0.4 is 111 Å². The smallest absolute Gasteiger partial charge is 0.246 e. The van der Waals surface area contributed by atoms with Gasteiger partial charge in [-0.15, -0.1) is 10.2 Å². The van der Waals surface area contributed by atoms with E-state index in [1.165, 1.54) is 82.6 Å². The molecule has 1 aromatic heterocycles. The molecular formula is C93H227N25O25. The standard InChI is InChI=1S/C76H148N18O5.C17H32N4O.3H3N.19H2O/c1-6-8-28-68(90-57-69(30-17-21-43-94(7-2)44-45-95)88-53-64(5)86-55-70(31-22-35-77)87-52-63(4)82-41-42-85-76(97)61-99-48-47-98-46-37-79)56-91-72-33-34-75(96)84-40-20-16-29-67(51-80)89-59-73(49-62(3)66-26-14-10-15-27-66)93-58-71(32-23-36-78)92-60-74(50-65-24-12-9-13-25-65)83-39-19-11-18-38-81-54-72;22-16-14-12-10-8-6-4-2-1-3-5-7-9-11-13-15-17-18-20-21-19-17;;;;;;;;;;;;;;;;;;;;;;/h9-10,12-15,24-27,63-64,67-74,81-83,86-93,95H,3,6-8,11,16-23,28-61,77-80H2,1-2,4-5H3,(H,84,96)(H,85,97);16H,1-15H2,(H,18,19,20,21);3*1H3;19*1H2/t63-,64-,67-,68-,69-,70-,71-,72-,73-,74+;;;;;;;;;;;;;;;;;;;;;;;/m0......................./s1. The molecule has 0 unspecified atom stereocenters. The topological polar surface area (TPSA) is 1110 Å². The average molecular weight is 2100 g/mol. The van der Waals surface area contributed by atoms with Gasteiger partial charge < -0.3 is 239 Å². The van der Waals surface area contributed by atoms with Gasteiger partial charge in [0.25, 0.3) is 0 Å². The number of nitrogens with two attached hydrogens (primary N) is 4. The number of aryl methyl sites for hydroxylation is 1. The van der Waals surface area contributed by atoms with E-state index in [2.05, 4.69) is 190 Å². The van der Waals surface area contributed by atoms with E-state index in [1.807, 2.05) is 0 Å². The van der Waals surface area contributed by atoms with Gasteiger partial charge in [0.1, 0.15) is 12.9 Å². The molecule has 0 aliphatic carbocycles. The minimum atomic E-state index is -0.142. The number of aliphatic hydroxyl groups excluding tert-OH is 1. The van der Waals surface area contributed by atoms with Crippen LogP contribution in [0, 0.1) is 0 Å². The van der Waals surface area contributed by atoms with E-state index in [4.69, 9.17) is 32.4 Å². The Kier molecular flexibility index (Phi) is 174.